The summed E-state index contributed by atoms with van der Waals surface area (Å²) >= 11 is 0. The van der Waals surface area contributed by atoms with Crippen LogP contribution in [0.25, 0.3) is 0 Å². The predicted molar refractivity (Wildman–Crippen MR) is 75.0 cm³/mol. The molecule has 2 aliphatic rings. The van der Waals surface area contributed by atoms with E-state index < -0.39 is 0 Å². The van der Waals surface area contributed by atoms with Gasteiger partial charge in [0.15, 0.2) is 0 Å². The van der Waals surface area contributed by atoms with Crippen LogP contribution in [0.5, 0.6) is 0 Å². The smallest absolute Gasteiger partial charge is 0.315 e. The van der Waals surface area contributed by atoms with E-state index in [0.29, 0.717) is 31.3 Å². The van der Waals surface area contributed by atoms with Crippen molar-refractivity contribution in [2.45, 2.75) is 69.6 Å². The number of carbonyl (C=O) groups is 1. The lowest BCUT2D eigenvalue weighted by molar-refractivity contribution is 0.0278. The standard InChI is InChI=1S/C14H27N3O2/c15-11-5-7-13(8-6-11)19-10-9-16-14(18)17-12-3-1-2-4-12/h11-13H,1-10,15H2,(H2,16,17,18). The van der Waals surface area contributed by atoms with Gasteiger partial charge in [0.2, 0.25) is 0 Å². The molecule has 2 aliphatic carbocycles. The maximum absolute atomic E-state index is 11.6. The summed E-state index contributed by atoms with van der Waals surface area (Å²) in [6.45, 7) is 1.18. The van der Waals surface area contributed by atoms with Crippen LogP contribution in [0.2, 0.25) is 0 Å². The number of hydrogen-bond acceptors (Lipinski definition) is 3. The van der Waals surface area contributed by atoms with Crippen molar-refractivity contribution < 1.29 is 9.53 Å². The van der Waals surface area contributed by atoms with E-state index in [4.69, 9.17) is 10.5 Å². The second kappa shape index (κ2) is 7.70. The van der Waals surface area contributed by atoms with Crippen LogP contribution in [-0.4, -0.2) is 37.4 Å². The Labute approximate surface area is 115 Å². The lowest BCUT2D eigenvalue weighted by Gasteiger charge is -2.26. The van der Waals surface area contributed by atoms with Gasteiger partial charge in [0, 0.05) is 18.6 Å². The summed E-state index contributed by atoms with van der Waals surface area (Å²) in [6.07, 6.45) is 9.25. The zero-order chi connectivity index (χ0) is 13.5. The predicted octanol–water partition coefficient (Wildman–Crippen LogP) is 1.51. The summed E-state index contributed by atoms with van der Waals surface area (Å²) in [5.41, 5.74) is 5.85. The molecule has 0 unspecified atom stereocenters. The topological polar surface area (TPSA) is 76.4 Å². The van der Waals surface area contributed by atoms with Gasteiger partial charge < -0.3 is 21.1 Å². The molecule has 0 bridgehead atoms. The van der Waals surface area contributed by atoms with Crippen molar-refractivity contribution in [2.75, 3.05) is 13.2 Å². The highest BCUT2D eigenvalue weighted by Crippen LogP contribution is 2.19. The van der Waals surface area contributed by atoms with Crippen molar-refractivity contribution in [2.24, 2.45) is 5.73 Å². The highest BCUT2D eigenvalue weighted by molar-refractivity contribution is 5.74. The van der Waals surface area contributed by atoms with E-state index in [0.717, 1.165) is 38.5 Å². The molecular weight excluding hydrogens is 242 g/mol. The summed E-state index contributed by atoms with van der Waals surface area (Å²) in [6, 6.07) is 0.678. The second-order valence-corrected chi connectivity index (χ2v) is 5.79. The van der Waals surface area contributed by atoms with Gasteiger partial charge in [-0.05, 0) is 38.5 Å². The second-order valence-electron chi connectivity index (χ2n) is 5.79. The molecule has 0 radical (unpaired) electrons. The van der Waals surface area contributed by atoms with Crippen molar-refractivity contribution in [3.05, 3.63) is 0 Å². The fraction of sp³-hybridized carbons (Fsp3) is 0.929. The minimum atomic E-state index is -0.0545. The normalized spacial score (nSPS) is 28.3. The first-order valence-electron chi connectivity index (χ1n) is 7.65. The molecule has 0 aliphatic heterocycles. The quantitative estimate of drug-likeness (QED) is 0.662. The molecule has 0 aromatic carbocycles. The summed E-state index contributed by atoms with van der Waals surface area (Å²) < 4.78 is 5.75. The van der Waals surface area contributed by atoms with Crippen LogP contribution in [0, 0.1) is 0 Å². The third-order valence-electron chi connectivity index (χ3n) is 4.15. The number of ether oxygens (including phenoxy) is 1. The maximum Gasteiger partial charge on any atom is 0.315 e. The van der Waals surface area contributed by atoms with Crippen LogP contribution in [0.1, 0.15) is 51.4 Å². The average Bonchev–Trinajstić information content (AvgIpc) is 2.89. The molecule has 0 heterocycles. The first kappa shape index (κ1) is 14.6. The first-order chi connectivity index (χ1) is 9.24. The first-order valence-corrected chi connectivity index (χ1v) is 7.65. The monoisotopic (exact) mass is 269 g/mol. The Hall–Kier alpha value is -0.810. The van der Waals surface area contributed by atoms with Gasteiger partial charge in [0.05, 0.1) is 12.7 Å². The third-order valence-corrected chi connectivity index (χ3v) is 4.15. The molecule has 19 heavy (non-hydrogen) atoms. The molecule has 2 amide bonds. The van der Waals surface area contributed by atoms with E-state index in [1.165, 1.54) is 12.8 Å². The van der Waals surface area contributed by atoms with Gasteiger partial charge in [0.25, 0.3) is 0 Å². The highest BCUT2D eigenvalue weighted by atomic mass is 16.5. The Morgan fingerprint density at radius 3 is 2.47 bits per heavy atom. The van der Waals surface area contributed by atoms with E-state index in [1.807, 2.05) is 0 Å². The van der Waals surface area contributed by atoms with E-state index in [2.05, 4.69) is 10.6 Å². The molecule has 2 rings (SSSR count). The minimum absolute atomic E-state index is 0.0545. The Morgan fingerprint density at radius 2 is 1.79 bits per heavy atom. The summed E-state index contributed by atoms with van der Waals surface area (Å²) in [7, 11) is 0. The van der Waals surface area contributed by atoms with Gasteiger partial charge in [0.1, 0.15) is 0 Å². The average molecular weight is 269 g/mol. The summed E-state index contributed by atoms with van der Waals surface area (Å²) in [5.74, 6) is 0. The Morgan fingerprint density at radius 1 is 1.11 bits per heavy atom. The number of hydrogen-bond donors (Lipinski definition) is 3. The lowest BCUT2D eigenvalue weighted by atomic mass is 9.94. The van der Waals surface area contributed by atoms with Crippen molar-refractivity contribution in [3.63, 3.8) is 0 Å². The van der Waals surface area contributed by atoms with Gasteiger partial charge in [-0.15, -0.1) is 0 Å². The third kappa shape index (κ3) is 5.37. The van der Waals surface area contributed by atoms with Crippen LogP contribution < -0.4 is 16.4 Å². The molecule has 110 valence electrons. The van der Waals surface area contributed by atoms with Gasteiger partial charge >= 0.3 is 6.03 Å². The van der Waals surface area contributed by atoms with Gasteiger partial charge in [-0.2, -0.15) is 0 Å². The number of rotatable bonds is 5. The molecule has 0 spiro atoms. The molecule has 0 aromatic heterocycles. The number of nitrogens with one attached hydrogen (secondary N) is 2. The summed E-state index contributed by atoms with van der Waals surface area (Å²) in [4.78, 5) is 11.6. The number of urea groups is 1. The van der Waals surface area contributed by atoms with Crippen molar-refractivity contribution in [1.82, 2.24) is 10.6 Å². The zero-order valence-corrected chi connectivity index (χ0v) is 11.7. The zero-order valence-electron chi connectivity index (χ0n) is 11.7. The Kier molecular flexibility index (Phi) is 5.92. The minimum Gasteiger partial charge on any atom is -0.376 e. The van der Waals surface area contributed by atoms with E-state index in [1.54, 1.807) is 0 Å². The Balaban J connectivity index is 1.48. The molecule has 2 fully saturated rings. The fourth-order valence-corrected chi connectivity index (χ4v) is 2.95. The van der Waals surface area contributed by atoms with Gasteiger partial charge in [-0.25, -0.2) is 4.79 Å². The fourth-order valence-electron chi connectivity index (χ4n) is 2.95. The molecule has 0 aromatic rings. The van der Waals surface area contributed by atoms with E-state index in [9.17, 15) is 4.79 Å². The van der Waals surface area contributed by atoms with Crippen LogP contribution in [0.4, 0.5) is 4.79 Å². The molecule has 5 heteroatoms. The van der Waals surface area contributed by atoms with Crippen molar-refractivity contribution in [3.8, 4) is 0 Å². The largest absolute Gasteiger partial charge is 0.376 e. The molecule has 0 saturated heterocycles. The lowest BCUT2D eigenvalue weighted by Crippen LogP contribution is -2.42. The van der Waals surface area contributed by atoms with E-state index >= 15 is 0 Å². The molecule has 2 saturated carbocycles. The number of carbonyl (C=O) groups excluding carboxylic acids is 1. The SMILES string of the molecule is NC1CCC(OCCNC(=O)NC2CCCC2)CC1. The van der Waals surface area contributed by atoms with Crippen LogP contribution in [0.3, 0.4) is 0 Å². The number of amides is 2. The van der Waals surface area contributed by atoms with Crippen molar-refractivity contribution >= 4 is 6.03 Å². The molecule has 5 nitrogen and oxygen atoms in total. The Bertz CT molecular complexity index is 272. The highest BCUT2D eigenvalue weighted by Gasteiger charge is 2.19. The number of nitrogens with two attached hydrogens (primary N) is 1. The van der Waals surface area contributed by atoms with Gasteiger partial charge in [-0.3, -0.25) is 0 Å². The molecule has 0 atom stereocenters. The molecule has 4 N–H and O–H groups in total. The van der Waals surface area contributed by atoms with Gasteiger partial charge in [-0.1, -0.05) is 12.8 Å². The van der Waals surface area contributed by atoms with Crippen molar-refractivity contribution in [1.29, 1.82) is 0 Å². The maximum atomic E-state index is 11.6. The van der Waals surface area contributed by atoms with Crippen LogP contribution >= 0.6 is 0 Å². The molecular formula is C14H27N3O2. The summed E-state index contributed by atoms with van der Waals surface area (Å²) in [5, 5.41) is 5.86. The van der Waals surface area contributed by atoms with E-state index in [-0.39, 0.29) is 6.03 Å². The van der Waals surface area contributed by atoms with Crippen LogP contribution in [-0.2, 0) is 4.74 Å². The van der Waals surface area contributed by atoms with Crippen LogP contribution in [0.15, 0.2) is 0 Å².